The zero-order valence-electron chi connectivity index (χ0n) is 10.2. The van der Waals surface area contributed by atoms with Crippen LogP contribution >= 0.6 is 0 Å². The molecule has 0 fully saturated rings. The molecule has 0 amide bonds. The highest BCUT2D eigenvalue weighted by Crippen LogP contribution is 2.11. The van der Waals surface area contributed by atoms with Crippen molar-refractivity contribution in [3.05, 3.63) is 51.8 Å². The number of H-pyrrole nitrogens is 1. The van der Waals surface area contributed by atoms with E-state index >= 15 is 0 Å². The molecule has 94 valence electrons. The summed E-state index contributed by atoms with van der Waals surface area (Å²) in [5.41, 5.74) is 0.876. The molecule has 2 heterocycles. The Morgan fingerprint density at radius 2 is 2.22 bits per heavy atom. The normalized spacial score (nSPS) is 10.5. The second kappa shape index (κ2) is 5.44. The van der Waals surface area contributed by atoms with Crippen LogP contribution in [0.15, 0.2) is 29.2 Å². The summed E-state index contributed by atoms with van der Waals surface area (Å²) < 4.78 is 0. The summed E-state index contributed by atoms with van der Waals surface area (Å²) in [7, 11) is 0. The van der Waals surface area contributed by atoms with Gasteiger partial charge in [0.1, 0.15) is 5.82 Å². The lowest BCUT2D eigenvalue weighted by Gasteiger charge is -2.04. The Hall–Kier alpha value is -2.17. The van der Waals surface area contributed by atoms with E-state index in [1.807, 2.05) is 25.1 Å². The van der Waals surface area contributed by atoms with Gasteiger partial charge in [-0.15, -0.1) is 0 Å². The molecule has 0 saturated heterocycles. The number of hydrogen-bond donors (Lipinski definition) is 2. The lowest BCUT2D eigenvalue weighted by Crippen LogP contribution is -2.17. The Labute approximate surface area is 105 Å². The van der Waals surface area contributed by atoms with Gasteiger partial charge < -0.3 is 10.1 Å². The summed E-state index contributed by atoms with van der Waals surface area (Å²) in [6, 6.07) is 5.53. The number of rotatable bonds is 4. The van der Waals surface area contributed by atoms with Crippen molar-refractivity contribution < 1.29 is 5.11 Å². The van der Waals surface area contributed by atoms with Gasteiger partial charge in [-0.2, -0.15) is 4.98 Å². The molecule has 5 nitrogen and oxygen atoms in total. The molecule has 0 bridgehead atoms. The fraction of sp³-hybridized carbons (Fsp3) is 0.308. The molecule has 0 aliphatic rings. The van der Waals surface area contributed by atoms with E-state index in [-0.39, 0.29) is 11.4 Å². The van der Waals surface area contributed by atoms with Gasteiger partial charge in [-0.1, -0.05) is 19.4 Å². The molecule has 0 saturated carbocycles. The minimum atomic E-state index is -0.268. The van der Waals surface area contributed by atoms with Gasteiger partial charge in [0.05, 0.1) is 5.56 Å². The maximum Gasteiger partial charge on any atom is 0.257 e. The van der Waals surface area contributed by atoms with Crippen molar-refractivity contribution in [2.45, 2.75) is 26.2 Å². The van der Waals surface area contributed by atoms with E-state index in [2.05, 4.69) is 15.0 Å². The molecule has 2 aromatic rings. The third-order valence-corrected chi connectivity index (χ3v) is 2.62. The molecular formula is C13H15N3O2. The first-order chi connectivity index (χ1) is 8.70. The van der Waals surface area contributed by atoms with Crippen LogP contribution in [0.2, 0.25) is 0 Å². The number of hydrogen-bond acceptors (Lipinski definition) is 4. The monoisotopic (exact) mass is 245 g/mol. The van der Waals surface area contributed by atoms with E-state index < -0.39 is 0 Å². The third kappa shape index (κ3) is 2.74. The molecule has 0 unspecified atom stereocenters. The van der Waals surface area contributed by atoms with Crippen molar-refractivity contribution in [1.82, 2.24) is 15.0 Å². The molecule has 0 aliphatic heterocycles. The molecule has 2 aromatic heterocycles. The number of nitrogens with one attached hydrogen (secondary N) is 1. The van der Waals surface area contributed by atoms with Crippen molar-refractivity contribution in [2.24, 2.45) is 0 Å². The summed E-state index contributed by atoms with van der Waals surface area (Å²) in [6.07, 6.45) is 3.39. The lowest BCUT2D eigenvalue weighted by molar-refractivity contribution is 0.439. The Kier molecular flexibility index (Phi) is 3.72. The molecule has 2 rings (SSSR count). The number of aromatic hydroxyl groups is 1. The maximum atomic E-state index is 11.8. The van der Waals surface area contributed by atoms with E-state index in [4.69, 9.17) is 0 Å². The van der Waals surface area contributed by atoms with Gasteiger partial charge in [0.2, 0.25) is 5.88 Å². The van der Waals surface area contributed by atoms with Crippen LogP contribution in [0.3, 0.4) is 0 Å². The number of nitrogens with zero attached hydrogens (tertiary/aromatic N) is 2. The predicted molar refractivity (Wildman–Crippen MR) is 67.6 cm³/mol. The van der Waals surface area contributed by atoms with Crippen LogP contribution in [0.5, 0.6) is 5.88 Å². The molecular weight excluding hydrogens is 230 g/mol. The summed E-state index contributed by atoms with van der Waals surface area (Å²) >= 11 is 0. The Morgan fingerprint density at radius 3 is 2.83 bits per heavy atom. The summed E-state index contributed by atoms with van der Waals surface area (Å²) in [5, 5.41) is 9.73. The van der Waals surface area contributed by atoms with Crippen LogP contribution in [-0.2, 0) is 12.8 Å². The Bertz CT molecular complexity index is 579. The van der Waals surface area contributed by atoms with Crippen LogP contribution in [0.25, 0.3) is 0 Å². The van der Waals surface area contributed by atoms with Gasteiger partial charge in [-0.25, -0.2) is 0 Å². The molecule has 2 N–H and O–H groups in total. The van der Waals surface area contributed by atoms with Crippen molar-refractivity contribution in [2.75, 3.05) is 0 Å². The van der Waals surface area contributed by atoms with Crippen LogP contribution < -0.4 is 5.56 Å². The van der Waals surface area contributed by atoms with Crippen LogP contribution in [-0.4, -0.2) is 20.1 Å². The number of aromatic nitrogens is 3. The second-order valence-electron chi connectivity index (χ2n) is 4.06. The van der Waals surface area contributed by atoms with Gasteiger partial charge in [0, 0.05) is 18.3 Å². The highest BCUT2D eigenvalue weighted by molar-refractivity contribution is 5.23. The van der Waals surface area contributed by atoms with Crippen LogP contribution in [0.4, 0.5) is 0 Å². The molecule has 0 atom stereocenters. The Balaban J connectivity index is 2.28. The number of pyridine rings is 1. The minimum absolute atomic E-state index is 0.175. The van der Waals surface area contributed by atoms with E-state index in [0.717, 1.165) is 12.1 Å². The highest BCUT2D eigenvalue weighted by Gasteiger charge is 2.10. The average molecular weight is 245 g/mol. The molecule has 0 aliphatic carbocycles. The standard InChI is InChI=1S/C13H15N3O2/c1-2-5-10-12(17)15-11(16-13(10)18)8-9-6-3-4-7-14-9/h3-4,6-7H,2,5,8H2,1H3,(H2,15,16,17,18). The lowest BCUT2D eigenvalue weighted by atomic mass is 10.2. The van der Waals surface area contributed by atoms with E-state index in [0.29, 0.717) is 24.2 Å². The van der Waals surface area contributed by atoms with Gasteiger partial charge in [-0.05, 0) is 18.6 Å². The van der Waals surface area contributed by atoms with Gasteiger partial charge in [-0.3, -0.25) is 9.78 Å². The maximum absolute atomic E-state index is 11.8. The smallest absolute Gasteiger partial charge is 0.257 e. The zero-order chi connectivity index (χ0) is 13.0. The summed E-state index contributed by atoms with van der Waals surface area (Å²) in [5.74, 6) is 0.252. The van der Waals surface area contributed by atoms with E-state index in [1.54, 1.807) is 6.20 Å². The first-order valence-corrected chi connectivity index (χ1v) is 5.91. The highest BCUT2D eigenvalue weighted by atomic mass is 16.3. The predicted octanol–water partition coefficient (Wildman–Crippen LogP) is 1.41. The molecule has 0 aromatic carbocycles. The molecule has 0 spiro atoms. The zero-order valence-corrected chi connectivity index (χ0v) is 10.2. The average Bonchev–Trinajstić information content (AvgIpc) is 2.35. The van der Waals surface area contributed by atoms with E-state index in [1.165, 1.54) is 0 Å². The first-order valence-electron chi connectivity index (χ1n) is 5.91. The van der Waals surface area contributed by atoms with Crippen molar-refractivity contribution in [3.8, 4) is 5.88 Å². The third-order valence-electron chi connectivity index (χ3n) is 2.62. The fourth-order valence-electron chi connectivity index (χ4n) is 1.76. The Morgan fingerprint density at radius 1 is 1.39 bits per heavy atom. The van der Waals surface area contributed by atoms with Crippen molar-refractivity contribution in [3.63, 3.8) is 0 Å². The quantitative estimate of drug-likeness (QED) is 0.853. The summed E-state index contributed by atoms with van der Waals surface area (Å²) in [4.78, 5) is 22.6. The van der Waals surface area contributed by atoms with Crippen molar-refractivity contribution in [1.29, 1.82) is 0 Å². The largest absolute Gasteiger partial charge is 0.493 e. The fourth-order valence-corrected chi connectivity index (χ4v) is 1.76. The van der Waals surface area contributed by atoms with Gasteiger partial charge in [0.15, 0.2) is 0 Å². The van der Waals surface area contributed by atoms with Crippen LogP contribution in [0, 0.1) is 0 Å². The molecule has 18 heavy (non-hydrogen) atoms. The topological polar surface area (TPSA) is 78.9 Å². The van der Waals surface area contributed by atoms with Crippen LogP contribution in [0.1, 0.15) is 30.4 Å². The first kappa shape index (κ1) is 12.3. The van der Waals surface area contributed by atoms with E-state index in [9.17, 15) is 9.90 Å². The molecule has 0 radical (unpaired) electrons. The number of aromatic amines is 1. The minimum Gasteiger partial charge on any atom is -0.493 e. The second-order valence-corrected chi connectivity index (χ2v) is 4.06. The SMILES string of the molecule is CCCc1c(O)nc(Cc2ccccn2)[nH]c1=O. The van der Waals surface area contributed by atoms with Crippen molar-refractivity contribution >= 4 is 0 Å². The summed E-state index contributed by atoms with van der Waals surface area (Å²) in [6.45, 7) is 1.95. The van der Waals surface area contributed by atoms with Gasteiger partial charge >= 0.3 is 0 Å². The molecule has 5 heteroatoms. The van der Waals surface area contributed by atoms with Gasteiger partial charge in [0.25, 0.3) is 5.56 Å².